The summed E-state index contributed by atoms with van der Waals surface area (Å²) in [6, 6.07) is 13.8. The number of nitrogens with zero attached hydrogens (tertiary/aromatic N) is 4. The molecule has 8 amide bonds. The van der Waals surface area contributed by atoms with Crippen LogP contribution in [-0.4, -0.2) is 183 Å². The van der Waals surface area contributed by atoms with Crippen molar-refractivity contribution in [2.75, 3.05) is 73.1 Å². The van der Waals surface area contributed by atoms with Gasteiger partial charge in [-0.2, -0.15) is 0 Å². The number of carbonyl (C=O) groups excluding carboxylic acids is 8. The Morgan fingerprint density at radius 1 is 0.797 bits per heavy atom. The first-order valence-electron chi connectivity index (χ1n) is 28.2. The van der Waals surface area contributed by atoms with E-state index >= 15 is 0 Å². The Morgan fingerprint density at radius 3 is 2.10 bits per heavy atom. The second-order valence-corrected chi connectivity index (χ2v) is 22.0. The molecule has 20 heteroatoms. The number of likely N-dealkylation sites (N-methyl/N-ethyl adjacent to an activating group) is 2. The third kappa shape index (κ3) is 16.5. The Labute approximate surface area is 466 Å². The van der Waals surface area contributed by atoms with E-state index in [4.69, 9.17) is 18.9 Å². The average molecular weight is 1100 g/mol. The van der Waals surface area contributed by atoms with Gasteiger partial charge < -0.3 is 50.0 Å². The molecule has 2 aromatic rings. The number of carbonyl (C=O) groups is 8. The number of nitrogens with one attached hydrogen (secondary N) is 4. The third-order valence-electron chi connectivity index (χ3n) is 16.5. The molecule has 2 saturated heterocycles. The number of anilines is 1. The van der Waals surface area contributed by atoms with Gasteiger partial charge in [-0.1, -0.05) is 83.5 Å². The maximum absolute atomic E-state index is 14.6. The minimum atomic E-state index is -0.977. The molecule has 1 aliphatic carbocycles. The summed E-state index contributed by atoms with van der Waals surface area (Å²) >= 11 is 0. The fourth-order valence-corrected chi connectivity index (χ4v) is 11.8. The molecule has 11 atom stereocenters. The van der Waals surface area contributed by atoms with E-state index in [0.29, 0.717) is 37.5 Å². The Hall–Kier alpha value is -6.06. The molecule has 0 aromatic heterocycles. The summed E-state index contributed by atoms with van der Waals surface area (Å²) in [4.78, 5) is 114. The molecule has 3 fully saturated rings. The number of piperidine rings is 1. The lowest BCUT2D eigenvalue weighted by Gasteiger charge is -2.41. The van der Waals surface area contributed by atoms with Crippen LogP contribution in [0.3, 0.4) is 0 Å². The van der Waals surface area contributed by atoms with Crippen molar-refractivity contribution in [2.24, 2.45) is 23.7 Å². The molecular formula is C59H86N8O12. The highest BCUT2D eigenvalue weighted by Crippen LogP contribution is 2.41. The molecule has 3 aliphatic heterocycles. The lowest BCUT2D eigenvalue weighted by atomic mass is 9.89. The molecule has 20 nitrogen and oxygen atoms in total. The Balaban J connectivity index is 1.01. The van der Waals surface area contributed by atoms with Gasteiger partial charge in [0.25, 0.3) is 11.8 Å². The van der Waals surface area contributed by atoms with Gasteiger partial charge in [0.05, 0.1) is 75.6 Å². The van der Waals surface area contributed by atoms with E-state index < -0.39 is 54.1 Å². The van der Waals surface area contributed by atoms with Crippen molar-refractivity contribution < 1.29 is 57.3 Å². The summed E-state index contributed by atoms with van der Waals surface area (Å²) in [6.07, 6.45) is 6.46. The number of benzene rings is 2. The monoisotopic (exact) mass is 1100 g/mol. The van der Waals surface area contributed by atoms with Crippen molar-refractivity contribution in [2.45, 2.75) is 147 Å². The zero-order valence-corrected chi connectivity index (χ0v) is 47.8. The van der Waals surface area contributed by atoms with Gasteiger partial charge in [-0.15, -0.1) is 0 Å². The number of amides is 8. The topological polar surface area (TPSA) is 235 Å². The smallest absolute Gasteiger partial charge is 0.253 e. The van der Waals surface area contributed by atoms with Crippen LogP contribution in [0, 0.1) is 23.7 Å². The van der Waals surface area contributed by atoms with Gasteiger partial charge in [0.15, 0.2) is 0 Å². The van der Waals surface area contributed by atoms with Crippen LogP contribution in [0.4, 0.5) is 5.69 Å². The molecule has 3 heterocycles. The number of hydrogen-bond acceptors (Lipinski definition) is 13. The minimum Gasteiger partial charge on any atom is -0.379 e. The number of fused-ring (bicyclic) bond motifs is 2. The molecule has 0 unspecified atom stereocenters. The summed E-state index contributed by atoms with van der Waals surface area (Å²) in [5, 5.41) is 11.9. The lowest BCUT2D eigenvalue weighted by molar-refractivity contribution is -0.148. The van der Waals surface area contributed by atoms with E-state index in [0.717, 1.165) is 35.3 Å². The van der Waals surface area contributed by atoms with Gasteiger partial charge in [0.2, 0.25) is 35.4 Å². The fraction of sp³-hybridized carbons (Fsp3) is 0.627. The van der Waals surface area contributed by atoms with Crippen LogP contribution in [0.5, 0.6) is 0 Å². The first-order chi connectivity index (χ1) is 37.9. The largest absolute Gasteiger partial charge is 0.379 e. The van der Waals surface area contributed by atoms with E-state index in [1.54, 1.807) is 55.1 Å². The van der Waals surface area contributed by atoms with Crippen molar-refractivity contribution in [1.29, 1.82) is 0 Å². The first-order valence-corrected chi connectivity index (χ1v) is 28.2. The normalized spacial score (nSPS) is 21.6. The quantitative estimate of drug-likeness (QED) is 0.0622. The Morgan fingerprint density at radius 2 is 1.48 bits per heavy atom. The van der Waals surface area contributed by atoms with Gasteiger partial charge in [-0.3, -0.25) is 48.2 Å². The summed E-state index contributed by atoms with van der Waals surface area (Å²) in [7, 11) is 6.82. The van der Waals surface area contributed by atoms with Crippen molar-refractivity contribution in [3.05, 3.63) is 77.9 Å². The number of ether oxygens (including phenoxy) is 4. The summed E-state index contributed by atoms with van der Waals surface area (Å²) in [6.45, 7) is 11.4. The number of hydrogen-bond donors (Lipinski definition) is 4. The zero-order chi connectivity index (χ0) is 57.3. The molecule has 2 bridgehead atoms. The predicted octanol–water partition coefficient (Wildman–Crippen LogP) is 3.86. The summed E-state index contributed by atoms with van der Waals surface area (Å²) in [5.74, 6) is -3.06. The van der Waals surface area contributed by atoms with E-state index in [9.17, 15) is 38.4 Å². The fourth-order valence-electron chi connectivity index (χ4n) is 11.8. The highest BCUT2D eigenvalue weighted by Gasteiger charge is 2.49. The molecule has 0 spiro atoms. The molecule has 4 N–H and O–H groups in total. The number of imide groups is 1. The van der Waals surface area contributed by atoms with Gasteiger partial charge in [0, 0.05) is 71.1 Å². The molecule has 79 heavy (non-hydrogen) atoms. The maximum atomic E-state index is 14.6. The molecule has 434 valence electrons. The van der Waals surface area contributed by atoms with Crippen molar-refractivity contribution >= 4 is 52.9 Å². The van der Waals surface area contributed by atoms with Crippen LogP contribution < -0.4 is 21.3 Å². The Bertz CT molecular complexity index is 2400. The van der Waals surface area contributed by atoms with Crippen molar-refractivity contribution in [3.63, 3.8) is 0 Å². The molecule has 2 aromatic carbocycles. The SMILES string of the molecule is CC[C@H](C)[C@@H]([C@@H](CC(=O)N1CCC[C@H]1[C@H](OC)[C@@H](C)C(=O)N[C@@H](Cc1ccccc1)C(=O)Nc1ccc(CNC(=O)CCOCCOCCN2C(=O)C=CC2=O)cc1)OC)N(C)C(=O)[C@@H](NC(=O)[C@@H]1[C@H]2CC[C@H](C2)N1C)C(C)C. The zero-order valence-electron chi connectivity index (χ0n) is 47.8. The number of rotatable bonds is 31. The van der Waals surface area contributed by atoms with Crippen LogP contribution in [0.25, 0.3) is 0 Å². The summed E-state index contributed by atoms with van der Waals surface area (Å²) < 4.78 is 23.1. The lowest BCUT2D eigenvalue weighted by Crippen LogP contribution is -2.60. The highest BCUT2D eigenvalue weighted by atomic mass is 16.5. The second kappa shape index (κ2) is 30.0. The molecule has 0 radical (unpaired) electrons. The minimum absolute atomic E-state index is 0.0232. The van der Waals surface area contributed by atoms with Crippen LogP contribution in [0.15, 0.2) is 66.7 Å². The van der Waals surface area contributed by atoms with E-state index in [2.05, 4.69) is 26.2 Å². The van der Waals surface area contributed by atoms with E-state index in [1.165, 1.54) is 19.3 Å². The third-order valence-corrected chi connectivity index (χ3v) is 16.5. The number of methoxy groups -OCH3 is 2. The van der Waals surface area contributed by atoms with Gasteiger partial charge in [-0.25, -0.2) is 0 Å². The van der Waals surface area contributed by atoms with E-state index in [1.807, 2.05) is 65.1 Å². The molecular weight excluding hydrogens is 1010 g/mol. The maximum Gasteiger partial charge on any atom is 0.253 e. The van der Waals surface area contributed by atoms with E-state index in [-0.39, 0.29) is 118 Å². The van der Waals surface area contributed by atoms with Crippen LogP contribution in [-0.2, 0) is 70.3 Å². The summed E-state index contributed by atoms with van der Waals surface area (Å²) in [5.41, 5.74) is 2.13. The molecule has 4 aliphatic rings. The standard InChI is InChI=1S/C59H86N8O12/c1-10-38(4)53(65(7)59(75)52(37(2)3)63-58(74)54-42-20-23-44(34-42)64(54)6)47(76-8)35-51(71)66-27-14-17-46(66)55(77-9)39(5)56(72)62-45(33-40-15-12-11-13-16-40)57(73)61-43-21-18-41(19-22-43)36-60-48(68)26-29-78-31-32-79-30-28-67-49(69)24-25-50(67)70/h11-13,15-16,18-19,21-22,24-25,37-39,42,44-47,52-55H,10,14,17,20,23,26-36H2,1-9H3,(H,60,68)(H,61,73)(H,62,72)(H,63,74)/t38-,39+,42-,44+,45-,46-,47+,52-,53-,54-,55+/m0/s1. The van der Waals surface area contributed by atoms with Gasteiger partial charge in [0.1, 0.15) is 12.1 Å². The van der Waals surface area contributed by atoms with Crippen molar-refractivity contribution in [3.8, 4) is 0 Å². The van der Waals surface area contributed by atoms with Gasteiger partial charge >= 0.3 is 0 Å². The van der Waals surface area contributed by atoms with Crippen LogP contribution in [0.2, 0.25) is 0 Å². The van der Waals surface area contributed by atoms with Gasteiger partial charge in [-0.05, 0) is 80.2 Å². The average Bonchev–Trinajstić information content (AvgIpc) is 4.32. The highest BCUT2D eigenvalue weighted by molar-refractivity contribution is 6.12. The number of likely N-dealkylation sites (tertiary alicyclic amines) is 2. The first kappa shape index (κ1) is 62.1. The molecule has 6 rings (SSSR count). The predicted molar refractivity (Wildman–Crippen MR) is 297 cm³/mol. The van der Waals surface area contributed by atoms with Crippen LogP contribution in [0.1, 0.15) is 97.1 Å². The Kier molecular flexibility index (Phi) is 23.6. The van der Waals surface area contributed by atoms with Crippen LogP contribution >= 0.6 is 0 Å². The second-order valence-electron chi connectivity index (χ2n) is 22.0. The van der Waals surface area contributed by atoms with Crippen molar-refractivity contribution in [1.82, 2.24) is 35.6 Å². The molecule has 1 saturated carbocycles.